The quantitative estimate of drug-likeness (QED) is 0.821. The third kappa shape index (κ3) is 2.63. The van der Waals surface area contributed by atoms with Crippen molar-refractivity contribution in [3.63, 3.8) is 0 Å². The van der Waals surface area contributed by atoms with Gasteiger partial charge in [-0.05, 0) is 30.4 Å². The molecule has 6 heteroatoms. The smallest absolute Gasteiger partial charge is 0.262 e. The Labute approximate surface area is 115 Å². The number of H-pyrrole nitrogens is 1. The van der Waals surface area contributed by atoms with E-state index in [-0.39, 0.29) is 5.56 Å². The predicted molar refractivity (Wildman–Crippen MR) is 76.1 cm³/mol. The van der Waals surface area contributed by atoms with Crippen LogP contribution in [-0.2, 0) is 6.54 Å². The zero-order valence-corrected chi connectivity index (χ0v) is 11.9. The molecule has 1 aromatic carbocycles. The number of rotatable bonds is 3. The van der Waals surface area contributed by atoms with Gasteiger partial charge in [-0.3, -0.25) is 9.36 Å². The molecule has 2 rings (SSSR count). The van der Waals surface area contributed by atoms with Gasteiger partial charge >= 0.3 is 0 Å². The van der Waals surface area contributed by atoms with Crippen molar-refractivity contribution in [3.8, 4) is 0 Å². The molecule has 0 aliphatic rings. The van der Waals surface area contributed by atoms with E-state index in [4.69, 9.17) is 23.8 Å². The molecule has 0 fully saturated rings. The molecular weight excluding hydrogens is 270 g/mol. The van der Waals surface area contributed by atoms with Crippen LogP contribution in [0.1, 0.15) is 0 Å². The Bertz CT molecular complexity index is 690. The van der Waals surface area contributed by atoms with Crippen LogP contribution in [0.5, 0.6) is 0 Å². The monoisotopic (exact) mass is 284 g/mol. The molecule has 18 heavy (non-hydrogen) atoms. The first-order chi connectivity index (χ1) is 8.49. The van der Waals surface area contributed by atoms with E-state index in [1.165, 1.54) is 4.90 Å². The first-order valence-electron chi connectivity index (χ1n) is 5.70. The van der Waals surface area contributed by atoms with Crippen LogP contribution in [0.15, 0.2) is 23.0 Å². The molecule has 0 radical (unpaired) electrons. The summed E-state index contributed by atoms with van der Waals surface area (Å²) in [7, 11) is 4.08. The van der Waals surface area contributed by atoms with Crippen LogP contribution < -0.4 is 10.5 Å². The molecule has 0 amide bonds. The van der Waals surface area contributed by atoms with Crippen molar-refractivity contribution in [2.75, 3.05) is 20.6 Å². The summed E-state index contributed by atoms with van der Waals surface area (Å²) in [4.78, 5) is 16.6. The lowest BCUT2D eigenvalue weighted by molar-refractivity contribution is -0.858. The highest BCUT2D eigenvalue weighted by atomic mass is 35.5. The summed E-state index contributed by atoms with van der Waals surface area (Å²) in [5.41, 5.74) is 0.623. The van der Waals surface area contributed by atoms with Crippen molar-refractivity contribution in [2.45, 2.75) is 6.54 Å². The second-order valence-electron chi connectivity index (χ2n) is 4.53. The second kappa shape index (κ2) is 5.22. The average molecular weight is 285 g/mol. The van der Waals surface area contributed by atoms with Gasteiger partial charge in [-0.15, -0.1) is 0 Å². The molecule has 2 N–H and O–H groups in total. The van der Waals surface area contributed by atoms with Gasteiger partial charge in [-0.1, -0.05) is 11.6 Å². The number of likely N-dealkylation sites (N-methyl/N-ethyl adjacent to an activating group) is 1. The highest BCUT2D eigenvalue weighted by molar-refractivity contribution is 7.71. The molecule has 0 aliphatic carbocycles. The zero-order valence-electron chi connectivity index (χ0n) is 10.3. The lowest BCUT2D eigenvalue weighted by Gasteiger charge is -2.10. The summed E-state index contributed by atoms with van der Waals surface area (Å²) >= 11 is 11.1. The molecule has 96 valence electrons. The van der Waals surface area contributed by atoms with Crippen molar-refractivity contribution in [1.82, 2.24) is 9.55 Å². The lowest BCUT2D eigenvalue weighted by atomic mass is 10.2. The largest absolute Gasteiger partial charge is 0.338 e. The van der Waals surface area contributed by atoms with E-state index < -0.39 is 0 Å². The Balaban J connectivity index is 2.59. The summed E-state index contributed by atoms with van der Waals surface area (Å²) in [6, 6.07) is 5.16. The molecule has 4 nitrogen and oxygen atoms in total. The molecule has 1 aromatic heterocycles. The van der Waals surface area contributed by atoms with Crippen molar-refractivity contribution in [1.29, 1.82) is 0 Å². The van der Waals surface area contributed by atoms with Crippen LogP contribution in [0.25, 0.3) is 10.9 Å². The maximum Gasteiger partial charge on any atom is 0.262 e. The van der Waals surface area contributed by atoms with Gasteiger partial charge in [0.2, 0.25) is 0 Å². The minimum Gasteiger partial charge on any atom is -0.338 e. The van der Waals surface area contributed by atoms with Crippen LogP contribution in [-0.4, -0.2) is 30.2 Å². The molecule has 0 atom stereocenters. The Hall–Kier alpha value is -1.17. The van der Waals surface area contributed by atoms with Crippen LogP contribution in [0.2, 0.25) is 5.02 Å². The molecule has 0 aliphatic heterocycles. The number of aromatic nitrogens is 2. The molecular formula is C12H15ClN3OS+. The fraction of sp³-hybridized carbons (Fsp3) is 0.333. The standard InChI is InChI=1S/C12H14ClN3OS/c1-15(2)5-6-16-11(17)9-4-3-8(13)7-10(9)14-12(16)18/h3-4,7H,5-6H2,1-2H3,(H,14,18)/p+1. The normalized spacial score (nSPS) is 11.3. The SMILES string of the molecule is C[NH+](C)CCn1c(=S)[nH]c2cc(Cl)ccc2c1=O. The predicted octanol–water partition coefficient (Wildman–Crippen LogP) is 0.857. The minimum atomic E-state index is -0.0633. The fourth-order valence-corrected chi connectivity index (χ4v) is 2.22. The number of hydrogen-bond donors (Lipinski definition) is 2. The molecule has 0 bridgehead atoms. The minimum absolute atomic E-state index is 0.0633. The number of halogens is 1. The highest BCUT2D eigenvalue weighted by Crippen LogP contribution is 2.14. The zero-order chi connectivity index (χ0) is 13.3. The third-order valence-electron chi connectivity index (χ3n) is 2.78. The van der Waals surface area contributed by atoms with E-state index in [0.29, 0.717) is 27.2 Å². The molecule has 2 aromatic rings. The van der Waals surface area contributed by atoms with E-state index in [9.17, 15) is 4.79 Å². The summed E-state index contributed by atoms with van der Waals surface area (Å²) in [5.74, 6) is 0. The van der Waals surface area contributed by atoms with Gasteiger partial charge in [0.15, 0.2) is 4.77 Å². The maximum atomic E-state index is 12.3. The molecule has 0 saturated carbocycles. The van der Waals surface area contributed by atoms with Gasteiger partial charge in [0.25, 0.3) is 5.56 Å². The highest BCUT2D eigenvalue weighted by Gasteiger charge is 2.07. The topological polar surface area (TPSA) is 42.2 Å². The Morgan fingerprint density at radius 2 is 2.17 bits per heavy atom. The fourth-order valence-electron chi connectivity index (χ4n) is 1.77. The van der Waals surface area contributed by atoms with Crippen LogP contribution in [0.3, 0.4) is 0 Å². The maximum absolute atomic E-state index is 12.3. The average Bonchev–Trinajstić information content (AvgIpc) is 2.27. The van der Waals surface area contributed by atoms with Crippen LogP contribution >= 0.6 is 23.8 Å². The number of nitrogens with zero attached hydrogens (tertiary/aromatic N) is 1. The molecule has 0 unspecified atom stereocenters. The second-order valence-corrected chi connectivity index (χ2v) is 5.36. The first kappa shape index (κ1) is 13.3. The van der Waals surface area contributed by atoms with Gasteiger partial charge < -0.3 is 9.88 Å². The van der Waals surface area contributed by atoms with E-state index in [2.05, 4.69) is 4.98 Å². The number of fused-ring (bicyclic) bond motifs is 1. The molecule has 1 heterocycles. The number of nitrogens with one attached hydrogen (secondary N) is 2. The molecule has 0 saturated heterocycles. The number of quaternary nitrogens is 1. The Morgan fingerprint density at radius 1 is 1.44 bits per heavy atom. The summed E-state index contributed by atoms with van der Waals surface area (Å²) in [6.07, 6.45) is 0. The van der Waals surface area contributed by atoms with E-state index >= 15 is 0 Å². The Kier molecular flexibility index (Phi) is 3.85. The van der Waals surface area contributed by atoms with Crippen molar-refractivity contribution in [2.24, 2.45) is 0 Å². The number of benzene rings is 1. The Morgan fingerprint density at radius 3 is 2.83 bits per heavy atom. The van der Waals surface area contributed by atoms with Crippen molar-refractivity contribution < 1.29 is 4.90 Å². The van der Waals surface area contributed by atoms with Gasteiger partial charge in [0.1, 0.15) is 0 Å². The van der Waals surface area contributed by atoms with Gasteiger partial charge in [0, 0.05) is 5.02 Å². The summed E-state index contributed by atoms with van der Waals surface area (Å²) < 4.78 is 2.04. The van der Waals surface area contributed by atoms with Crippen molar-refractivity contribution in [3.05, 3.63) is 38.3 Å². The van der Waals surface area contributed by atoms with E-state index in [1.54, 1.807) is 22.8 Å². The lowest BCUT2D eigenvalue weighted by Crippen LogP contribution is -3.06. The van der Waals surface area contributed by atoms with Gasteiger partial charge in [0.05, 0.1) is 38.1 Å². The first-order valence-corrected chi connectivity index (χ1v) is 6.49. The van der Waals surface area contributed by atoms with E-state index in [0.717, 1.165) is 6.54 Å². The van der Waals surface area contributed by atoms with Crippen LogP contribution in [0.4, 0.5) is 0 Å². The van der Waals surface area contributed by atoms with Crippen molar-refractivity contribution >= 4 is 34.7 Å². The summed E-state index contributed by atoms with van der Waals surface area (Å²) in [5, 5.41) is 1.20. The number of aromatic amines is 1. The van der Waals surface area contributed by atoms with Gasteiger partial charge in [-0.2, -0.15) is 0 Å². The third-order valence-corrected chi connectivity index (χ3v) is 3.34. The summed E-state index contributed by atoms with van der Waals surface area (Å²) in [6.45, 7) is 1.45. The molecule has 0 spiro atoms. The van der Waals surface area contributed by atoms with Crippen LogP contribution in [0, 0.1) is 4.77 Å². The van der Waals surface area contributed by atoms with E-state index in [1.807, 2.05) is 14.1 Å². The van der Waals surface area contributed by atoms with Gasteiger partial charge in [-0.25, -0.2) is 0 Å². The number of hydrogen-bond acceptors (Lipinski definition) is 2.